The van der Waals surface area contributed by atoms with E-state index < -0.39 is 30.1 Å². The van der Waals surface area contributed by atoms with Gasteiger partial charge in [0.2, 0.25) is 17.7 Å². The van der Waals surface area contributed by atoms with E-state index in [1.165, 1.54) is 16.7 Å². The van der Waals surface area contributed by atoms with Gasteiger partial charge in [0.1, 0.15) is 18.1 Å². The second kappa shape index (κ2) is 11.1. The fraction of sp³-hybridized carbons (Fsp3) is 0.762. The monoisotopic (exact) mass is 453 g/mol. The van der Waals surface area contributed by atoms with Crippen LogP contribution in [0.4, 0.5) is 4.79 Å². The smallest absolute Gasteiger partial charge is 0.428 e. The van der Waals surface area contributed by atoms with E-state index in [1.807, 2.05) is 0 Å². The Labute approximate surface area is 188 Å². The molecule has 3 atom stereocenters. The minimum Gasteiger partial charge on any atom is -0.448 e. The molecule has 0 aromatic carbocycles. The molecule has 2 aliphatic rings. The summed E-state index contributed by atoms with van der Waals surface area (Å²) in [5.74, 6) is -1.40. The van der Waals surface area contributed by atoms with Crippen molar-refractivity contribution in [3.63, 3.8) is 0 Å². The minimum absolute atomic E-state index is 0.172. The Balaban J connectivity index is 2.01. The standard InChI is InChI=1S/C21H35N5O6/c1-6-32-21(31)26(13(2)3)23-19(29)17-10-8-12-25(17)20(30)14(4)22-18(28)16-9-7-11-24(16)15(5)27/h13-14,16-17H,6-12H2,1-5H3,(H,22,28)(H,23,29)/t14-,16-,17-/m0/s1. The van der Waals surface area contributed by atoms with Crippen LogP contribution in [0.1, 0.15) is 60.3 Å². The first-order valence-electron chi connectivity index (χ1n) is 11.2. The Hall–Kier alpha value is -2.85. The molecule has 11 heteroatoms. The molecule has 0 unspecified atom stereocenters. The average molecular weight is 454 g/mol. The number of rotatable bonds is 6. The van der Waals surface area contributed by atoms with Crippen molar-refractivity contribution in [2.45, 2.75) is 84.5 Å². The molecule has 2 N–H and O–H groups in total. The lowest BCUT2D eigenvalue weighted by molar-refractivity contribution is -0.143. The maximum atomic E-state index is 13.0. The highest BCUT2D eigenvalue weighted by Gasteiger charge is 2.39. The van der Waals surface area contributed by atoms with Crippen molar-refractivity contribution in [2.24, 2.45) is 0 Å². The molecule has 32 heavy (non-hydrogen) atoms. The quantitative estimate of drug-likeness (QED) is 0.560. The fourth-order valence-corrected chi connectivity index (χ4v) is 4.11. The molecule has 0 spiro atoms. The van der Waals surface area contributed by atoms with Crippen LogP contribution in [-0.2, 0) is 23.9 Å². The molecule has 2 fully saturated rings. The van der Waals surface area contributed by atoms with Gasteiger partial charge in [-0.05, 0) is 53.4 Å². The van der Waals surface area contributed by atoms with E-state index in [1.54, 1.807) is 27.7 Å². The average Bonchev–Trinajstić information content (AvgIpc) is 3.40. The van der Waals surface area contributed by atoms with Gasteiger partial charge in [0.15, 0.2) is 0 Å². The van der Waals surface area contributed by atoms with Crippen LogP contribution >= 0.6 is 0 Å². The van der Waals surface area contributed by atoms with Gasteiger partial charge in [0.25, 0.3) is 5.91 Å². The summed E-state index contributed by atoms with van der Waals surface area (Å²) in [6.07, 6.45) is 1.71. The SMILES string of the molecule is CCOC(=O)N(NC(=O)[C@@H]1CCCN1C(=O)[C@H](C)NC(=O)[C@@H]1CCCN1C(C)=O)C(C)C. The maximum absolute atomic E-state index is 13.0. The van der Waals surface area contributed by atoms with E-state index in [0.29, 0.717) is 32.4 Å². The van der Waals surface area contributed by atoms with Crippen molar-refractivity contribution in [3.8, 4) is 0 Å². The highest BCUT2D eigenvalue weighted by Crippen LogP contribution is 2.20. The largest absolute Gasteiger partial charge is 0.448 e. The molecular weight excluding hydrogens is 418 g/mol. The molecule has 0 aliphatic carbocycles. The molecule has 2 rings (SSSR count). The highest BCUT2D eigenvalue weighted by molar-refractivity contribution is 5.94. The van der Waals surface area contributed by atoms with Gasteiger partial charge in [-0.25, -0.2) is 9.80 Å². The summed E-state index contributed by atoms with van der Waals surface area (Å²) in [5, 5.41) is 3.80. The topological polar surface area (TPSA) is 128 Å². The third-order valence-electron chi connectivity index (χ3n) is 5.74. The first-order chi connectivity index (χ1) is 15.1. The lowest BCUT2D eigenvalue weighted by Gasteiger charge is -2.31. The van der Waals surface area contributed by atoms with Gasteiger partial charge >= 0.3 is 6.09 Å². The Kier molecular flexibility index (Phi) is 8.85. The van der Waals surface area contributed by atoms with Gasteiger partial charge in [0, 0.05) is 20.0 Å². The third kappa shape index (κ3) is 5.89. The molecule has 0 aromatic heterocycles. The van der Waals surface area contributed by atoms with E-state index in [0.717, 1.165) is 11.4 Å². The zero-order valence-electron chi connectivity index (χ0n) is 19.6. The molecule has 0 radical (unpaired) electrons. The molecular formula is C21H35N5O6. The van der Waals surface area contributed by atoms with Gasteiger partial charge in [-0.2, -0.15) is 0 Å². The van der Waals surface area contributed by atoms with Crippen molar-refractivity contribution in [1.82, 2.24) is 25.6 Å². The summed E-state index contributed by atoms with van der Waals surface area (Å²) < 4.78 is 4.98. The van der Waals surface area contributed by atoms with Gasteiger partial charge in [-0.1, -0.05) is 0 Å². The number of nitrogens with zero attached hydrogens (tertiary/aromatic N) is 3. The number of hydrazine groups is 1. The van der Waals surface area contributed by atoms with Crippen molar-refractivity contribution in [1.29, 1.82) is 0 Å². The van der Waals surface area contributed by atoms with Crippen LogP contribution in [0.3, 0.4) is 0 Å². The molecule has 0 aromatic rings. The van der Waals surface area contributed by atoms with Crippen LogP contribution in [0, 0.1) is 0 Å². The second-order valence-corrected chi connectivity index (χ2v) is 8.43. The van der Waals surface area contributed by atoms with Gasteiger partial charge in [0.05, 0.1) is 12.6 Å². The number of carbonyl (C=O) groups is 5. The summed E-state index contributed by atoms with van der Waals surface area (Å²) in [6.45, 7) is 9.21. The number of ether oxygens (including phenoxy) is 1. The summed E-state index contributed by atoms with van der Waals surface area (Å²) in [6, 6.07) is -2.52. The number of hydrogen-bond donors (Lipinski definition) is 2. The lowest BCUT2D eigenvalue weighted by atomic mass is 10.1. The van der Waals surface area contributed by atoms with E-state index >= 15 is 0 Å². The number of hydrogen-bond acceptors (Lipinski definition) is 6. The van der Waals surface area contributed by atoms with Gasteiger partial charge in [-0.3, -0.25) is 24.6 Å². The Morgan fingerprint density at radius 2 is 1.53 bits per heavy atom. The van der Waals surface area contributed by atoms with Crippen LogP contribution in [0.2, 0.25) is 0 Å². The van der Waals surface area contributed by atoms with Crippen LogP contribution in [0.5, 0.6) is 0 Å². The Bertz CT molecular complexity index is 742. The van der Waals surface area contributed by atoms with E-state index in [2.05, 4.69) is 10.7 Å². The fourth-order valence-electron chi connectivity index (χ4n) is 4.11. The summed E-state index contributed by atoms with van der Waals surface area (Å²) in [5.41, 5.74) is 2.57. The first-order valence-corrected chi connectivity index (χ1v) is 11.2. The highest BCUT2D eigenvalue weighted by atomic mass is 16.6. The number of carbonyl (C=O) groups excluding carboxylic acids is 5. The van der Waals surface area contributed by atoms with Gasteiger partial charge in [-0.15, -0.1) is 0 Å². The normalized spacial score (nSPS) is 21.3. The van der Waals surface area contributed by atoms with E-state index in [9.17, 15) is 24.0 Å². The van der Waals surface area contributed by atoms with E-state index in [4.69, 9.17) is 4.74 Å². The minimum atomic E-state index is -0.850. The van der Waals surface area contributed by atoms with Crippen LogP contribution in [0.25, 0.3) is 0 Å². The molecule has 2 saturated heterocycles. The second-order valence-electron chi connectivity index (χ2n) is 8.43. The molecule has 180 valence electrons. The summed E-state index contributed by atoms with van der Waals surface area (Å²) >= 11 is 0. The zero-order chi connectivity index (χ0) is 24.0. The summed E-state index contributed by atoms with van der Waals surface area (Å²) in [7, 11) is 0. The molecule has 2 aliphatic heterocycles. The zero-order valence-corrected chi connectivity index (χ0v) is 19.6. The molecule has 11 nitrogen and oxygen atoms in total. The molecule has 0 saturated carbocycles. The first kappa shape index (κ1) is 25.4. The van der Waals surface area contributed by atoms with Gasteiger partial charge < -0.3 is 19.9 Å². The maximum Gasteiger partial charge on any atom is 0.428 e. The third-order valence-corrected chi connectivity index (χ3v) is 5.74. The summed E-state index contributed by atoms with van der Waals surface area (Å²) in [4.78, 5) is 65.3. The van der Waals surface area contributed by atoms with Crippen molar-refractivity contribution in [2.75, 3.05) is 19.7 Å². The van der Waals surface area contributed by atoms with Crippen molar-refractivity contribution in [3.05, 3.63) is 0 Å². The van der Waals surface area contributed by atoms with Crippen molar-refractivity contribution >= 4 is 29.7 Å². The van der Waals surface area contributed by atoms with Crippen LogP contribution in [-0.4, -0.2) is 88.4 Å². The Morgan fingerprint density at radius 1 is 0.969 bits per heavy atom. The van der Waals surface area contributed by atoms with Crippen LogP contribution in [0.15, 0.2) is 0 Å². The predicted octanol–water partition coefficient (Wildman–Crippen LogP) is 0.391. The molecule has 5 amide bonds. The Morgan fingerprint density at radius 3 is 2.06 bits per heavy atom. The molecule has 2 heterocycles. The van der Waals surface area contributed by atoms with E-state index in [-0.39, 0.29) is 30.4 Å². The van der Waals surface area contributed by atoms with Crippen molar-refractivity contribution < 1.29 is 28.7 Å². The molecule has 0 bridgehead atoms. The lowest BCUT2D eigenvalue weighted by Crippen LogP contribution is -2.58. The number of likely N-dealkylation sites (tertiary alicyclic amines) is 2. The number of nitrogens with one attached hydrogen (secondary N) is 2. The predicted molar refractivity (Wildman–Crippen MR) is 115 cm³/mol. The van der Waals surface area contributed by atoms with Crippen LogP contribution < -0.4 is 10.7 Å². The number of amides is 5.